The number of nitrogens with two attached hydrogens (primary N) is 1. The molecule has 1 nitrogen and oxygen atoms in total. The summed E-state index contributed by atoms with van der Waals surface area (Å²) in [5, 5.41) is 0.373. The Morgan fingerprint density at radius 3 is 2.61 bits per heavy atom. The van der Waals surface area contributed by atoms with Gasteiger partial charge >= 0.3 is 0 Å². The molecule has 94 valence electrons. The molecule has 0 aliphatic heterocycles. The minimum Gasteiger partial charge on any atom is -0.324 e. The summed E-state index contributed by atoms with van der Waals surface area (Å²) in [7, 11) is 0. The Morgan fingerprint density at radius 1 is 1.22 bits per heavy atom. The van der Waals surface area contributed by atoms with Crippen LogP contribution in [0.25, 0.3) is 0 Å². The van der Waals surface area contributed by atoms with Crippen LogP contribution in [0.2, 0.25) is 5.02 Å². The third kappa shape index (κ3) is 3.10. The average Bonchev–Trinajstić information content (AvgIpc) is 2.28. The molecule has 2 aromatic carbocycles. The van der Waals surface area contributed by atoms with Gasteiger partial charge in [-0.2, -0.15) is 0 Å². The maximum Gasteiger partial charge on any atom is 0.129 e. The maximum atomic E-state index is 13.7. The van der Waals surface area contributed by atoms with Crippen LogP contribution in [-0.2, 0) is 6.42 Å². The number of hydrogen-bond acceptors (Lipinski definition) is 1. The van der Waals surface area contributed by atoms with Crippen LogP contribution in [0.5, 0.6) is 0 Å². The highest BCUT2D eigenvalue weighted by Crippen LogP contribution is 2.27. The summed E-state index contributed by atoms with van der Waals surface area (Å²) in [6.45, 7) is 0. The van der Waals surface area contributed by atoms with Crippen molar-refractivity contribution in [3.63, 3.8) is 0 Å². The standard InChI is InChI=1S/C14H12BrClFN/c15-10-4-1-3-9(7-10)8-13(18)14-11(16)5-2-6-12(14)17/h1-7,13H,8,18H2. The molecule has 0 bridgehead atoms. The molecule has 18 heavy (non-hydrogen) atoms. The molecule has 0 aliphatic carbocycles. The van der Waals surface area contributed by atoms with E-state index in [0.717, 1.165) is 10.0 Å². The quantitative estimate of drug-likeness (QED) is 0.883. The van der Waals surface area contributed by atoms with Gasteiger partial charge in [-0.3, -0.25) is 0 Å². The normalized spacial score (nSPS) is 12.4. The van der Waals surface area contributed by atoms with Crippen molar-refractivity contribution in [3.05, 3.63) is 68.9 Å². The second-order valence-corrected chi connectivity index (χ2v) is 5.40. The van der Waals surface area contributed by atoms with Gasteiger partial charge in [-0.25, -0.2) is 4.39 Å². The molecule has 2 aromatic rings. The van der Waals surface area contributed by atoms with Gasteiger partial charge in [0.15, 0.2) is 0 Å². The largest absolute Gasteiger partial charge is 0.324 e. The molecule has 0 saturated heterocycles. The van der Waals surface area contributed by atoms with Crippen molar-refractivity contribution in [1.29, 1.82) is 0 Å². The van der Waals surface area contributed by atoms with Crippen LogP contribution in [0.1, 0.15) is 17.2 Å². The summed E-state index contributed by atoms with van der Waals surface area (Å²) < 4.78 is 14.7. The SMILES string of the molecule is NC(Cc1cccc(Br)c1)c1c(F)cccc1Cl. The van der Waals surface area contributed by atoms with E-state index in [0.29, 0.717) is 17.0 Å². The third-order valence-electron chi connectivity index (χ3n) is 2.72. The van der Waals surface area contributed by atoms with Crippen LogP contribution in [0, 0.1) is 5.82 Å². The summed E-state index contributed by atoms with van der Waals surface area (Å²) >= 11 is 9.39. The van der Waals surface area contributed by atoms with Crippen LogP contribution in [-0.4, -0.2) is 0 Å². The highest BCUT2D eigenvalue weighted by Gasteiger charge is 2.15. The molecule has 1 unspecified atom stereocenters. The zero-order valence-electron chi connectivity index (χ0n) is 9.54. The van der Waals surface area contributed by atoms with Crippen LogP contribution >= 0.6 is 27.5 Å². The van der Waals surface area contributed by atoms with Crippen molar-refractivity contribution >= 4 is 27.5 Å². The first-order valence-corrected chi connectivity index (χ1v) is 6.69. The van der Waals surface area contributed by atoms with Crippen molar-refractivity contribution in [2.45, 2.75) is 12.5 Å². The van der Waals surface area contributed by atoms with Crippen molar-refractivity contribution in [3.8, 4) is 0 Å². The van der Waals surface area contributed by atoms with E-state index in [2.05, 4.69) is 15.9 Å². The molecule has 0 aliphatic rings. The Morgan fingerprint density at radius 2 is 1.94 bits per heavy atom. The topological polar surface area (TPSA) is 26.0 Å². The molecular formula is C14H12BrClFN. The summed E-state index contributed by atoms with van der Waals surface area (Å²) in [5.74, 6) is -0.356. The molecule has 4 heteroatoms. The minimum atomic E-state index is -0.451. The number of halogens is 3. The fourth-order valence-electron chi connectivity index (χ4n) is 1.88. The zero-order chi connectivity index (χ0) is 13.1. The Kier molecular flexibility index (Phi) is 4.38. The first kappa shape index (κ1) is 13.5. The summed E-state index contributed by atoms with van der Waals surface area (Å²) in [6, 6.07) is 11.9. The van der Waals surface area contributed by atoms with E-state index >= 15 is 0 Å². The zero-order valence-corrected chi connectivity index (χ0v) is 11.9. The fraction of sp³-hybridized carbons (Fsp3) is 0.143. The molecule has 0 radical (unpaired) electrons. The molecule has 2 rings (SSSR count). The van der Waals surface area contributed by atoms with Crippen molar-refractivity contribution in [2.24, 2.45) is 5.73 Å². The highest BCUT2D eigenvalue weighted by atomic mass is 79.9. The van der Waals surface area contributed by atoms with Gasteiger partial charge < -0.3 is 5.73 Å². The maximum absolute atomic E-state index is 13.7. The Hall–Kier alpha value is -0.900. The lowest BCUT2D eigenvalue weighted by Gasteiger charge is -2.14. The van der Waals surface area contributed by atoms with E-state index in [-0.39, 0.29) is 5.82 Å². The smallest absolute Gasteiger partial charge is 0.129 e. The number of hydrogen-bond donors (Lipinski definition) is 1. The predicted octanol–water partition coefficient (Wildman–Crippen LogP) is 4.48. The van der Waals surface area contributed by atoms with Gasteiger partial charge in [-0.1, -0.05) is 45.7 Å². The predicted molar refractivity (Wildman–Crippen MR) is 76.2 cm³/mol. The van der Waals surface area contributed by atoms with Gasteiger partial charge in [0.25, 0.3) is 0 Å². The van der Waals surface area contributed by atoms with E-state index in [4.69, 9.17) is 17.3 Å². The first-order chi connectivity index (χ1) is 8.58. The summed E-state index contributed by atoms with van der Waals surface area (Å²) in [5.41, 5.74) is 7.45. The van der Waals surface area contributed by atoms with E-state index in [1.807, 2.05) is 24.3 Å². The minimum absolute atomic E-state index is 0.356. The summed E-state index contributed by atoms with van der Waals surface area (Å²) in [4.78, 5) is 0. The van der Waals surface area contributed by atoms with Crippen molar-refractivity contribution in [1.82, 2.24) is 0 Å². The monoisotopic (exact) mass is 327 g/mol. The molecule has 0 saturated carbocycles. The average molecular weight is 329 g/mol. The van der Waals surface area contributed by atoms with E-state index in [1.165, 1.54) is 6.07 Å². The van der Waals surface area contributed by atoms with Crippen LogP contribution in [0.3, 0.4) is 0 Å². The lowest BCUT2D eigenvalue weighted by molar-refractivity contribution is 0.580. The van der Waals surface area contributed by atoms with Gasteiger partial charge in [0, 0.05) is 21.1 Å². The Bertz CT molecular complexity index is 539. The number of benzene rings is 2. The third-order valence-corrected chi connectivity index (χ3v) is 3.54. The van der Waals surface area contributed by atoms with Gasteiger partial charge in [0.2, 0.25) is 0 Å². The molecule has 0 amide bonds. The summed E-state index contributed by atoms with van der Waals surface area (Å²) in [6.07, 6.45) is 0.542. The fourth-order valence-corrected chi connectivity index (χ4v) is 2.63. The lowest BCUT2D eigenvalue weighted by Crippen LogP contribution is -2.15. The van der Waals surface area contributed by atoms with E-state index < -0.39 is 6.04 Å². The van der Waals surface area contributed by atoms with Gasteiger partial charge in [0.1, 0.15) is 5.82 Å². The first-order valence-electron chi connectivity index (χ1n) is 5.52. The molecule has 0 heterocycles. The second-order valence-electron chi connectivity index (χ2n) is 4.08. The molecular weight excluding hydrogens is 317 g/mol. The molecule has 0 aromatic heterocycles. The molecule has 0 spiro atoms. The lowest BCUT2D eigenvalue weighted by atomic mass is 9.99. The Labute approximate surface area is 119 Å². The van der Waals surface area contributed by atoms with Crippen LogP contribution in [0.4, 0.5) is 4.39 Å². The van der Waals surface area contributed by atoms with Crippen LogP contribution in [0.15, 0.2) is 46.9 Å². The van der Waals surface area contributed by atoms with Crippen molar-refractivity contribution < 1.29 is 4.39 Å². The molecule has 2 N–H and O–H groups in total. The van der Waals surface area contributed by atoms with Gasteiger partial charge in [-0.05, 0) is 36.2 Å². The van der Waals surface area contributed by atoms with E-state index in [9.17, 15) is 4.39 Å². The van der Waals surface area contributed by atoms with Gasteiger partial charge in [0.05, 0.1) is 0 Å². The van der Waals surface area contributed by atoms with E-state index in [1.54, 1.807) is 12.1 Å². The molecule has 0 fully saturated rings. The highest BCUT2D eigenvalue weighted by molar-refractivity contribution is 9.10. The van der Waals surface area contributed by atoms with Crippen LogP contribution < -0.4 is 5.73 Å². The van der Waals surface area contributed by atoms with Gasteiger partial charge in [-0.15, -0.1) is 0 Å². The molecule has 1 atom stereocenters. The number of rotatable bonds is 3. The second kappa shape index (κ2) is 5.83. The van der Waals surface area contributed by atoms with Crippen molar-refractivity contribution in [2.75, 3.05) is 0 Å². The Balaban J connectivity index is 2.25.